The Morgan fingerprint density at radius 2 is 1.88 bits per heavy atom. The minimum atomic E-state index is -0.00132. The molecule has 3 aromatic rings. The molecular weight excluding hydrogens is 436 g/mol. The van der Waals surface area contributed by atoms with Gasteiger partial charge in [0.15, 0.2) is 0 Å². The number of carbonyl (C=O) groups is 1. The summed E-state index contributed by atoms with van der Waals surface area (Å²) in [4.78, 5) is 39.8. The average Bonchev–Trinajstić information content (AvgIpc) is 3.20. The number of hydrogen-bond acceptors (Lipinski definition) is 6. The number of piperazine rings is 1. The van der Waals surface area contributed by atoms with Crippen LogP contribution in [0.25, 0.3) is 10.2 Å². The van der Waals surface area contributed by atoms with Crippen LogP contribution in [0.15, 0.2) is 29.1 Å². The molecule has 1 saturated heterocycles. The minimum Gasteiger partial charge on any atom is -0.494 e. The number of fused-ring (bicyclic) bond motifs is 3. The first-order chi connectivity index (χ1) is 16.1. The highest BCUT2D eigenvalue weighted by Gasteiger charge is 2.23. The number of aromatic nitrogens is 2. The Labute approximate surface area is 197 Å². The van der Waals surface area contributed by atoms with Crippen molar-refractivity contribution in [2.24, 2.45) is 0 Å². The van der Waals surface area contributed by atoms with E-state index in [-0.39, 0.29) is 11.5 Å². The maximum atomic E-state index is 12.8. The van der Waals surface area contributed by atoms with Gasteiger partial charge >= 0.3 is 0 Å². The number of aryl methyl sites for hydroxylation is 2. The number of amides is 1. The van der Waals surface area contributed by atoms with Gasteiger partial charge in [-0.15, -0.1) is 11.3 Å². The lowest BCUT2D eigenvalue weighted by atomic mass is 9.97. The Kier molecular flexibility index (Phi) is 6.46. The number of rotatable bonds is 6. The van der Waals surface area contributed by atoms with Gasteiger partial charge in [0.2, 0.25) is 5.91 Å². The van der Waals surface area contributed by atoms with E-state index >= 15 is 0 Å². The zero-order chi connectivity index (χ0) is 22.8. The predicted molar refractivity (Wildman–Crippen MR) is 130 cm³/mol. The number of carbonyl (C=O) groups excluding carboxylic acids is 1. The summed E-state index contributed by atoms with van der Waals surface area (Å²) in [5, 5.41) is 0.808. The highest BCUT2D eigenvalue weighted by Crippen LogP contribution is 2.33. The van der Waals surface area contributed by atoms with Crippen LogP contribution in [0, 0.1) is 0 Å². The topological polar surface area (TPSA) is 78.5 Å². The molecule has 1 aliphatic heterocycles. The van der Waals surface area contributed by atoms with Crippen LogP contribution in [-0.4, -0.2) is 58.5 Å². The summed E-state index contributed by atoms with van der Waals surface area (Å²) in [6.07, 6.45) is 4.82. The van der Waals surface area contributed by atoms with E-state index in [1.165, 1.54) is 16.9 Å². The van der Waals surface area contributed by atoms with Gasteiger partial charge in [-0.25, -0.2) is 4.98 Å². The summed E-state index contributed by atoms with van der Waals surface area (Å²) in [5.41, 5.74) is 2.22. The SMILES string of the molecule is CCOc1ccc(CC(=O)N2CCN(Cc3nc4sc5c(c4c(=O)[nH]3)CCCC5)CC2)cc1. The van der Waals surface area contributed by atoms with Gasteiger partial charge in [-0.05, 0) is 55.9 Å². The zero-order valence-corrected chi connectivity index (χ0v) is 19.9. The van der Waals surface area contributed by atoms with Crippen molar-refractivity contribution in [2.45, 2.75) is 45.6 Å². The summed E-state index contributed by atoms with van der Waals surface area (Å²) in [6.45, 7) is 6.13. The van der Waals surface area contributed by atoms with Gasteiger partial charge in [-0.1, -0.05) is 12.1 Å². The van der Waals surface area contributed by atoms with Crippen LogP contribution in [-0.2, 0) is 30.6 Å². The van der Waals surface area contributed by atoms with Crippen LogP contribution < -0.4 is 10.3 Å². The van der Waals surface area contributed by atoms with E-state index in [1.54, 1.807) is 11.3 Å². The molecule has 0 unspecified atom stereocenters. The fourth-order valence-electron chi connectivity index (χ4n) is 4.81. The number of aromatic amines is 1. The third-order valence-corrected chi connectivity index (χ3v) is 7.75. The Morgan fingerprint density at radius 1 is 1.12 bits per heavy atom. The molecule has 1 N–H and O–H groups in total. The van der Waals surface area contributed by atoms with Crippen LogP contribution in [0.4, 0.5) is 0 Å². The summed E-state index contributed by atoms with van der Waals surface area (Å²) >= 11 is 1.69. The van der Waals surface area contributed by atoms with Crippen molar-refractivity contribution in [2.75, 3.05) is 32.8 Å². The highest BCUT2D eigenvalue weighted by molar-refractivity contribution is 7.18. The van der Waals surface area contributed by atoms with Crippen molar-refractivity contribution in [3.05, 3.63) is 56.4 Å². The standard InChI is InChI=1S/C25H30N4O3S/c1-2-32-18-9-7-17(8-10-18)15-22(30)29-13-11-28(12-14-29)16-21-26-24(31)23-19-5-3-4-6-20(19)33-25(23)27-21/h7-10H,2-6,11-16H2,1H3,(H,26,27,31). The number of nitrogens with one attached hydrogen (secondary N) is 1. The molecule has 5 rings (SSSR count). The molecule has 0 atom stereocenters. The molecule has 1 amide bonds. The molecule has 0 spiro atoms. The lowest BCUT2D eigenvalue weighted by Gasteiger charge is -2.34. The monoisotopic (exact) mass is 466 g/mol. The van der Waals surface area contributed by atoms with Gasteiger partial charge in [0.1, 0.15) is 16.4 Å². The second-order valence-corrected chi connectivity index (χ2v) is 9.90. The Morgan fingerprint density at radius 3 is 2.64 bits per heavy atom. The van der Waals surface area contributed by atoms with Crippen molar-refractivity contribution in [3.8, 4) is 5.75 Å². The van der Waals surface area contributed by atoms with E-state index in [2.05, 4.69) is 9.88 Å². The summed E-state index contributed by atoms with van der Waals surface area (Å²) < 4.78 is 5.47. The quantitative estimate of drug-likeness (QED) is 0.604. The van der Waals surface area contributed by atoms with Crippen molar-refractivity contribution >= 4 is 27.5 Å². The van der Waals surface area contributed by atoms with E-state index in [0.717, 1.165) is 59.7 Å². The summed E-state index contributed by atoms with van der Waals surface area (Å²) in [6, 6.07) is 7.75. The van der Waals surface area contributed by atoms with Gasteiger partial charge in [-0.2, -0.15) is 0 Å². The number of thiophene rings is 1. The molecule has 8 heteroatoms. The molecule has 0 radical (unpaired) electrons. The molecule has 1 fully saturated rings. The van der Waals surface area contributed by atoms with Gasteiger partial charge in [-0.3, -0.25) is 14.5 Å². The van der Waals surface area contributed by atoms with Crippen molar-refractivity contribution in [3.63, 3.8) is 0 Å². The number of H-pyrrole nitrogens is 1. The van der Waals surface area contributed by atoms with Crippen LogP contribution in [0.2, 0.25) is 0 Å². The van der Waals surface area contributed by atoms with Gasteiger partial charge in [0.25, 0.3) is 5.56 Å². The van der Waals surface area contributed by atoms with E-state index < -0.39 is 0 Å². The van der Waals surface area contributed by atoms with Crippen molar-refractivity contribution in [1.29, 1.82) is 0 Å². The molecule has 2 aromatic heterocycles. The number of ether oxygens (including phenoxy) is 1. The van der Waals surface area contributed by atoms with Gasteiger partial charge in [0, 0.05) is 31.1 Å². The fourth-order valence-corrected chi connectivity index (χ4v) is 6.09. The van der Waals surface area contributed by atoms with Crippen molar-refractivity contribution < 1.29 is 9.53 Å². The maximum absolute atomic E-state index is 12.8. The third-order valence-electron chi connectivity index (χ3n) is 6.56. The molecule has 174 valence electrons. The lowest BCUT2D eigenvalue weighted by Crippen LogP contribution is -2.49. The number of nitrogens with zero attached hydrogens (tertiary/aromatic N) is 3. The Hall–Kier alpha value is -2.71. The molecule has 0 bridgehead atoms. The first-order valence-electron chi connectivity index (χ1n) is 11.9. The highest BCUT2D eigenvalue weighted by atomic mass is 32.1. The molecule has 1 aliphatic carbocycles. The van der Waals surface area contributed by atoms with E-state index in [9.17, 15) is 9.59 Å². The maximum Gasteiger partial charge on any atom is 0.259 e. The molecule has 3 heterocycles. The second kappa shape index (κ2) is 9.65. The van der Waals surface area contributed by atoms with Crippen LogP contribution in [0.1, 0.15) is 41.6 Å². The molecule has 0 saturated carbocycles. The normalized spacial score (nSPS) is 16.7. The van der Waals surface area contributed by atoms with Crippen LogP contribution >= 0.6 is 11.3 Å². The van der Waals surface area contributed by atoms with Gasteiger partial charge < -0.3 is 14.6 Å². The Balaban J connectivity index is 1.18. The zero-order valence-electron chi connectivity index (χ0n) is 19.1. The Bertz CT molecular complexity index is 1190. The molecule has 2 aliphatic rings. The smallest absolute Gasteiger partial charge is 0.259 e. The predicted octanol–water partition coefficient (Wildman–Crippen LogP) is 3.15. The molecular formula is C25H30N4O3S. The van der Waals surface area contributed by atoms with Gasteiger partial charge in [0.05, 0.1) is 25.0 Å². The third kappa shape index (κ3) is 4.82. The average molecular weight is 467 g/mol. The minimum absolute atomic E-state index is 0.00132. The fraction of sp³-hybridized carbons (Fsp3) is 0.480. The summed E-state index contributed by atoms with van der Waals surface area (Å²) in [7, 11) is 0. The van der Waals surface area contributed by atoms with Crippen molar-refractivity contribution in [1.82, 2.24) is 19.8 Å². The van der Waals surface area contributed by atoms with E-state index in [0.29, 0.717) is 32.7 Å². The first-order valence-corrected chi connectivity index (χ1v) is 12.7. The molecule has 1 aromatic carbocycles. The van der Waals surface area contributed by atoms with Crippen LogP contribution in [0.5, 0.6) is 5.75 Å². The lowest BCUT2D eigenvalue weighted by molar-refractivity contribution is -0.132. The summed E-state index contributed by atoms with van der Waals surface area (Å²) in [5.74, 6) is 1.70. The molecule has 7 nitrogen and oxygen atoms in total. The number of hydrogen-bond donors (Lipinski definition) is 1. The van der Waals surface area contributed by atoms with E-state index in [4.69, 9.17) is 9.72 Å². The second-order valence-electron chi connectivity index (χ2n) is 8.81. The van der Waals surface area contributed by atoms with E-state index in [1.807, 2.05) is 36.1 Å². The largest absolute Gasteiger partial charge is 0.494 e. The molecule has 33 heavy (non-hydrogen) atoms. The van der Waals surface area contributed by atoms with Crippen LogP contribution in [0.3, 0.4) is 0 Å². The first kappa shape index (κ1) is 22.1. The number of benzene rings is 1.